The van der Waals surface area contributed by atoms with Crippen LogP contribution in [0.2, 0.25) is 0 Å². The van der Waals surface area contributed by atoms with E-state index in [0.717, 1.165) is 43.6 Å². The molecule has 2 heterocycles. The number of nitrogens with zero attached hydrogens (tertiary/aromatic N) is 2. The van der Waals surface area contributed by atoms with Crippen LogP contribution in [-0.2, 0) is 0 Å². The van der Waals surface area contributed by atoms with Gasteiger partial charge in [0.15, 0.2) is 10.9 Å². The molecule has 0 aliphatic heterocycles. The van der Waals surface area contributed by atoms with Gasteiger partial charge in [0, 0.05) is 21.5 Å². The summed E-state index contributed by atoms with van der Waals surface area (Å²) in [5, 5.41) is 3.04. The smallest absolute Gasteiger partial charge is 0.197 e. The van der Waals surface area contributed by atoms with E-state index >= 15 is 9.59 Å². The van der Waals surface area contributed by atoms with E-state index in [2.05, 4.69) is 94.1 Å². The topological polar surface area (TPSA) is 44.0 Å². The normalized spacial score (nSPS) is 21.1. The van der Waals surface area contributed by atoms with Gasteiger partial charge in [-0.1, -0.05) is 164 Å². The lowest BCUT2D eigenvalue weighted by molar-refractivity contribution is 0.426. The Hall–Kier alpha value is -4.96. The molecule has 0 bridgehead atoms. The van der Waals surface area contributed by atoms with Crippen molar-refractivity contribution in [3.8, 4) is 11.4 Å². The van der Waals surface area contributed by atoms with Crippen molar-refractivity contribution in [2.24, 2.45) is 0 Å². The summed E-state index contributed by atoms with van der Waals surface area (Å²) in [5.74, 6) is 3.13. The van der Waals surface area contributed by atoms with Crippen LogP contribution in [0.3, 0.4) is 0 Å². The highest BCUT2D eigenvalue weighted by Crippen LogP contribution is 2.50. The molecule has 6 aliphatic carbocycles. The summed E-state index contributed by atoms with van der Waals surface area (Å²) in [4.78, 5) is 31.4. The van der Waals surface area contributed by atoms with E-state index < -0.39 is 0 Å². The van der Waals surface area contributed by atoms with E-state index in [0.29, 0.717) is 35.5 Å². The SMILES string of the molecule is O=c1c2ccccc2n(-c2c(C3CCCCC3)cc(C3CCCCC3)cc2C2CCCCC2)c2cc3c(=O)c4ccccc4n(-c4c(C5CCCCC5)cc(C5CCCCC5)cc4C4CCCCC4)c3cc12. The fourth-order valence-electron chi connectivity index (χ4n) is 16.2. The number of para-hydroxylation sites is 2. The second-order valence-electron chi connectivity index (χ2n) is 24.4. The molecule has 0 amide bonds. The van der Waals surface area contributed by atoms with Gasteiger partial charge in [-0.25, -0.2) is 0 Å². The predicted octanol–water partition coefficient (Wildman–Crippen LogP) is 18.9. The van der Waals surface area contributed by atoms with E-state index in [1.165, 1.54) is 226 Å². The zero-order chi connectivity index (χ0) is 48.1. The molecule has 6 fully saturated rings. The molecule has 72 heavy (non-hydrogen) atoms. The van der Waals surface area contributed by atoms with Crippen molar-refractivity contribution in [2.45, 2.75) is 228 Å². The standard InChI is InChI=1S/C68H80N2O2/c71-67-53-35-19-21-37-61(53)69(65-55(47-27-11-3-12-28-47)39-51(45-23-7-1-8-24-45)40-56(65)48-29-13-4-14-30-48)63-43-60-64(44-59(63)67)70(62-38-22-20-36-54(62)68(60)72)66-57(49-31-15-5-16-32-49)41-52(46-25-9-2-10-26-46)42-58(66)50-33-17-6-18-34-50/h19-22,35-50H,1-18,23-34H2. The number of pyridine rings is 2. The van der Waals surface area contributed by atoms with Crippen LogP contribution >= 0.6 is 0 Å². The zero-order valence-corrected chi connectivity index (χ0v) is 43.5. The molecule has 6 saturated carbocycles. The number of hydrogen-bond donors (Lipinski definition) is 0. The summed E-state index contributed by atoms with van der Waals surface area (Å²) in [6.45, 7) is 0. The Labute approximate surface area is 429 Å². The first kappa shape index (κ1) is 46.8. The molecule has 4 heteroatoms. The molecule has 5 aromatic carbocycles. The third-order valence-electron chi connectivity index (χ3n) is 20.0. The molecule has 6 aliphatic rings. The Kier molecular flexibility index (Phi) is 13.3. The van der Waals surface area contributed by atoms with Crippen molar-refractivity contribution in [2.75, 3.05) is 0 Å². The molecule has 7 aromatic rings. The van der Waals surface area contributed by atoms with Gasteiger partial charge in [0.25, 0.3) is 0 Å². The van der Waals surface area contributed by atoms with Gasteiger partial charge in [0.05, 0.1) is 33.4 Å². The number of fused-ring (bicyclic) bond motifs is 4. The van der Waals surface area contributed by atoms with E-state index in [1.54, 1.807) is 11.1 Å². The highest BCUT2D eigenvalue weighted by atomic mass is 16.1. The van der Waals surface area contributed by atoms with Gasteiger partial charge in [-0.2, -0.15) is 0 Å². The lowest BCUT2D eigenvalue weighted by atomic mass is 9.74. The number of rotatable bonds is 8. The minimum Gasteiger partial charge on any atom is -0.308 e. The van der Waals surface area contributed by atoms with Crippen LogP contribution in [0, 0.1) is 0 Å². The van der Waals surface area contributed by atoms with Crippen molar-refractivity contribution < 1.29 is 0 Å². The highest BCUT2D eigenvalue weighted by Gasteiger charge is 2.33. The van der Waals surface area contributed by atoms with Crippen LogP contribution in [0.5, 0.6) is 0 Å². The summed E-state index contributed by atoms with van der Waals surface area (Å²) < 4.78 is 5.12. The molecule has 0 saturated heterocycles. The van der Waals surface area contributed by atoms with E-state index in [4.69, 9.17) is 0 Å². The maximum absolute atomic E-state index is 15.7. The largest absolute Gasteiger partial charge is 0.308 e. The van der Waals surface area contributed by atoms with Crippen molar-refractivity contribution in [3.05, 3.63) is 139 Å². The molecule has 13 rings (SSSR count). The lowest BCUT2D eigenvalue weighted by Crippen LogP contribution is -2.21. The second kappa shape index (κ2) is 20.4. The third kappa shape index (κ3) is 8.51. The molecule has 0 spiro atoms. The molecular weight excluding hydrogens is 877 g/mol. The number of benzene rings is 5. The quantitative estimate of drug-likeness (QED) is 0.142. The predicted molar refractivity (Wildman–Crippen MR) is 303 cm³/mol. The molecule has 0 unspecified atom stereocenters. The van der Waals surface area contributed by atoms with Crippen molar-refractivity contribution in [1.82, 2.24) is 9.13 Å². The van der Waals surface area contributed by atoms with Gasteiger partial charge in [-0.3, -0.25) is 9.59 Å². The van der Waals surface area contributed by atoms with Crippen LogP contribution in [0.1, 0.15) is 262 Å². The second-order valence-corrected chi connectivity index (χ2v) is 24.4. The minimum atomic E-state index is 0.0795. The Bertz CT molecular complexity index is 2950. The molecule has 2 aromatic heterocycles. The van der Waals surface area contributed by atoms with Gasteiger partial charge in [0.2, 0.25) is 0 Å². The number of hydrogen-bond acceptors (Lipinski definition) is 2. The lowest BCUT2D eigenvalue weighted by Gasteiger charge is -2.34. The summed E-state index contributed by atoms with van der Waals surface area (Å²) in [7, 11) is 0. The van der Waals surface area contributed by atoms with E-state index in [9.17, 15) is 0 Å². The van der Waals surface area contributed by atoms with Crippen molar-refractivity contribution in [1.29, 1.82) is 0 Å². The average Bonchev–Trinajstić information content (AvgIpc) is 3.46. The fraction of sp³-hybridized carbons (Fsp3) is 0.529. The van der Waals surface area contributed by atoms with Crippen molar-refractivity contribution >= 4 is 43.6 Å². The average molecular weight is 957 g/mol. The zero-order valence-electron chi connectivity index (χ0n) is 43.5. The maximum atomic E-state index is 15.7. The molecular formula is C68H80N2O2. The van der Waals surface area contributed by atoms with Gasteiger partial charge in [-0.05, 0) is 182 Å². The first-order valence-electron chi connectivity index (χ1n) is 30.0. The van der Waals surface area contributed by atoms with Crippen LogP contribution in [0.15, 0.2) is 94.5 Å². The van der Waals surface area contributed by atoms with Gasteiger partial charge >= 0.3 is 0 Å². The monoisotopic (exact) mass is 957 g/mol. The molecule has 374 valence electrons. The Morgan fingerprint density at radius 3 is 0.833 bits per heavy atom. The van der Waals surface area contributed by atoms with Crippen molar-refractivity contribution in [3.63, 3.8) is 0 Å². The van der Waals surface area contributed by atoms with Gasteiger partial charge in [-0.15, -0.1) is 0 Å². The minimum absolute atomic E-state index is 0.0795. The number of aromatic nitrogens is 2. The first-order chi connectivity index (χ1) is 35.6. The summed E-state index contributed by atoms with van der Waals surface area (Å²) in [6.07, 6.45) is 38.3. The molecule has 0 N–H and O–H groups in total. The Morgan fingerprint density at radius 2 is 0.542 bits per heavy atom. The van der Waals surface area contributed by atoms with Gasteiger partial charge < -0.3 is 9.13 Å². The summed E-state index contributed by atoms with van der Waals surface area (Å²) >= 11 is 0. The first-order valence-corrected chi connectivity index (χ1v) is 30.0. The van der Waals surface area contributed by atoms with Crippen LogP contribution < -0.4 is 10.9 Å². The van der Waals surface area contributed by atoms with E-state index in [1.807, 2.05) is 0 Å². The Morgan fingerprint density at radius 1 is 0.278 bits per heavy atom. The Balaban J connectivity index is 1.15. The summed E-state index contributed by atoms with van der Waals surface area (Å²) in [5.41, 5.74) is 15.8. The van der Waals surface area contributed by atoms with Gasteiger partial charge in [0.1, 0.15) is 0 Å². The third-order valence-corrected chi connectivity index (χ3v) is 20.0. The maximum Gasteiger partial charge on any atom is 0.197 e. The van der Waals surface area contributed by atoms with E-state index in [-0.39, 0.29) is 10.9 Å². The highest BCUT2D eigenvalue weighted by molar-refractivity contribution is 6.05. The fourth-order valence-corrected chi connectivity index (χ4v) is 16.2. The van der Waals surface area contributed by atoms with Crippen LogP contribution in [-0.4, -0.2) is 9.13 Å². The summed E-state index contributed by atoms with van der Waals surface area (Å²) in [6, 6.07) is 32.2. The molecule has 4 nitrogen and oxygen atoms in total. The van der Waals surface area contributed by atoms with Crippen LogP contribution in [0.4, 0.5) is 0 Å². The molecule has 0 radical (unpaired) electrons. The molecule has 0 atom stereocenters. The van der Waals surface area contributed by atoms with Crippen LogP contribution in [0.25, 0.3) is 55.0 Å².